The lowest BCUT2D eigenvalue weighted by molar-refractivity contribution is -0.138. The number of anilines is 1. The lowest BCUT2D eigenvalue weighted by Crippen LogP contribution is -2.27. The largest absolute Gasteiger partial charge is 0.480 e. The van der Waals surface area contributed by atoms with Crippen molar-refractivity contribution < 1.29 is 9.90 Å². The fraction of sp³-hybridized carbons (Fsp3) is 0.650. The SMILES string of the molecule is CCCCCCCN(CCc1csc(SC(C)(C)C(=O)O)n1)c1nc(C)cs1.Cl. The molecule has 0 saturated carbocycles. The van der Waals surface area contributed by atoms with E-state index in [1.807, 2.05) is 12.3 Å². The molecule has 1 N–H and O–H groups in total. The molecule has 0 unspecified atom stereocenters. The summed E-state index contributed by atoms with van der Waals surface area (Å²) in [5, 5.41) is 14.5. The summed E-state index contributed by atoms with van der Waals surface area (Å²) in [4.78, 5) is 23.0. The minimum Gasteiger partial charge on any atom is -0.480 e. The number of nitrogens with zero attached hydrogens (tertiary/aromatic N) is 3. The lowest BCUT2D eigenvalue weighted by atomic mass is 10.1. The topological polar surface area (TPSA) is 66.3 Å². The summed E-state index contributed by atoms with van der Waals surface area (Å²) in [6, 6.07) is 0. The van der Waals surface area contributed by atoms with Gasteiger partial charge in [0.2, 0.25) is 0 Å². The number of unbranched alkanes of at least 4 members (excludes halogenated alkanes) is 4. The quantitative estimate of drug-likeness (QED) is 0.269. The molecule has 2 heterocycles. The number of hydrogen-bond donors (Lipinski definition) is 1. The minimum atomic E-state index is -0.863. The van der Waals surface area contributed by atoms with Gasteiger partial charge in [0.1, 0.15) is 4.75 Å². The molecule has 0 saturated heterocycles. The number of carboxylic acid groups (broad SMARTS) is 1. The van der Waals surface area contributed by atoms with E-state index >= 15 is 0 Å². The zero-order chi connectivity index (χ0) is 20.6. The van der Waals surface area contributed by atoms with Crippen molar-refractivity contribution in [2.45, 2.75) is 75.3 Å². The van der Waals surface area contributed by atoms with Gasteiger partial charge >= 0.3 is 5.97 Å². The Kier molecular flexibility index (Phi) is 11.5. The highest BCUT2D eigenvalue weighted by Crippen LogP contribution is 2.34. The van der Waals surface area contributed by atoms with Gasteiger partial charge in [-0.25, -0.2) is 9.97 Å². The fourth-order valence-electron chi connectivity index (χ4n) is 2.66. The van der Waals surface area contributed by atoms with E-state index in [2.05, 4.69) is 27.2 Å². The molecule has 164 valence electrons. The predicted octanol–water partition coefficient (Wildman–Crippen LogP) is 6.30. The van der Waals surface area contributed by atoms with E-state index in [1.54, 1.807) is 25.2 Å². The van der Waals surface area contributed by atoms with Crippen LogP contribution in [0.5, 0.6) is 0 Å². The van der Waals surface area contributed by atoms with Crippen LogP contribution in [0.1, 0.15) is 64.3 Å². The number of carbonyl (C=O) groups is 1. The van der Waals surface area contributed by atoms with Crippen LogP contribution in [-0.2, 0) is 11.2 Å². The van der Waals surface area contributed by atoms with Crippen molar-refractivity contribution in [1.29, 1.82) is 0 Å². The van der Waals surface area contributed by atoms with Gasteiger partial charge in [-0.1, -0.05) is 44.4 Å². The Balaban J connectivity index is 0.00000420. The zero-order valence-corrected chi connectivity index (χ0v) is 20.9. The number of halogens is 1. The van der Waals surface area contributed by atoms with Crippen molar-refractivity contribution in [2.24, 2.45) is 0 Å². The third kappa shape index (κ3) is 8.82. The predicted molar refractivity (Wildman–Crippen MR) is 128 cm³/mol. The molecular formula is C20H32ClN3O2S3. The van der Waals surface area contributed by atoms with E-state index in [4.69, 9.17) is 0 Å². The normalized spacial score (nSPS) is 11.3. The van der Waals surface area contributed by atoms with Crippen molar-refractivity contribution in [1.82, 2.24) is 9.97 Å². The molecule has 0 aliphatic rings. The molecule has 0 amide bonds. The zero-order valence-electron chi connectivity index (χ0n) is 17.6. The first-order chi connectivity index (χ1) is 13.3. The number of hydrogen-bond acceptors (Lipinski definition) is 7. The molecular weight excluding hydrogens is 446 g/mol. The van der Waals surface area contributed by atoms with Crippen LogP contribution in [0.25, 0.3) is 0 Å². The van der Waals surface area contributed by atoms with Crippen LogP contribution in [0.2, 0.25) is 0 Å². The van der Waals surface area contributed by atoms with Crippen LogP contribution >= 0.6 is 46.8 Å². The number of thioether (sulfide) groups is 1. The number of carboxylic acids is 1. The van der Waals surface area contributed by atoms with Crippen molar-refractivity contribution >= 4 is 57.9 Å². The molecule has 0 aliphatic carbocycles. The first-order valence-corrected chi connectivity index (χ1v) is 12.4. The number of aromatic nitrogens is 2. The monoisotopic (exact) mass is 477 g/mol. The maximum atomic E-state index is 11.3. The number of rotatable bonds is 13. The smallest absolute Gasteiger partial charge is 0.319 e. The van der Waals surface area contributed by atoms with E-state index in [0.29, 0.717) is 0 Å². The summed E-state index contributed by atoms with van der Waals surface area (Å²) in [7, 11) is 0. The summed E-state index contributed by atoms with van der Waals surface area (Å²) < 4.78 is -0.0449. The highest BCUT2D eigenvalue weighted by molar-refractivity contribution is 8.02. The van der Waals surface area contributed by atoms with Crippen molar-refractivity contribution in [2.75, 3.05) is 18.0 Å². The Hall–Kier alpha value is -0.830. The summed E-state index contributed by atoms with van der Waals surface area (Å²) in [6.07, 6.45) is 7.16. The van der Waals surface area contributed by atoms with Crippen molar-refractivity contribution in [3.05, 3.63) is 22.1 Å². The Bertz CT molecular complexity index is 749. The van der Waals surface area contributed by atoms with Gasteiger partial charge < -0.3 is 10.0 Å². The summed E-state index contributed by atoms with van der Waals surface area (Å²) >= 11 is 4.55. The molecule has 2 aromatic rings. The van der Waals surface area contributed by atoms with Gasteiger partial charge in [-0.15, -0.1) is 35.1 Å². The highest BCUT2D eigenvalue weighted by atomic mass is 35.5. The second kappa shape index (κ2) is 12.8. The molecule has 29 heavy (non-hydrogen) atoms. The molecule has 0 aromatic carbocycles. The van der Waals surface area contributed by atoms with E-state index in [0.717, 1.165) is 40.4 Å². The van der Waals surface area contributed by atoms with Gasteiger partial charge in [0.15, 0.2) is 9.47 Å². The molecule has 5 nitrogen and oxygen atoms in total. The van der Waals surface area contributed by atoms with Crippen LogP contribution in [-0.4, -0.2) is 38.9 Å². The maximum absolute atomic E-state index is 11.3. The molecule has 0 fully saturated rings. The van der Waals surface area contributed by atoms with Gasteiger partial charge in [-0.2, -0.15) is 0 Å². The minimum absolute atomic E-state index is 0. The molecule has 2 rings (SSSR count). The molecule has 0 radical (unpaired) electrons. The van der Waals surface area contributed by atoms with Crippen LogP contribution in [0.15, 0.2) is 15.1 Å². The highest BCUT2D eigenvalue weighted by Gasteiger charge is 2.29. The Morgan fingerprint density at radius 1 is 1.14 bits per heavy atom. The third-order valence-corrected chi connectivity index (χ3v) is 7.63. The Labute approximate surface area is 192 Å². The van der Waals surface area contributed by atoms with Gasteiger partial charge in [0.25, 0.3) is 0 Å². The van der Waals surface area contributed by atoms with E-state index in [-0.39, 0.29) is 12.4 Å². The fourth-order valence-corrected chi connectivity index (χ4v) is 5.74. The average molecular weight is 478 g/mol. The second-order valence-electron chi connectivity index (χ2n) is 7.44. The molecule has 0 spiro atoms. The number of aryl methyl sites for hydroxylation is 1. The molecule has 9 heteroatoms. The summed E-state index contributed by atoms with van der Waals surface area (Å²) in [6.45, 7) is 9.61. The van der Waals surface area contributed by atoms with Crippen LogP contribution in [0.3, 0.4) is 0 Å². The molecule has 0 atom stereocenters. The lowest BCUT2D eigenvalue weighted by Gasteiger charge is -2.21. The van der Waals surface area contributed by atoms with E-state index in [1.165, 1.54) is 55.2 Å². The first kappa shape index (κ1) is 26.2. The van der Waals surface area contributed by atoms with Crippen molar-refractivity contribution in [3.8, 4) is 0 Å². The van der Waals surface area contributed by atoms with Crippen LogP contribution < -0.4 is 4.90 Å². The van der Waals surface area contributed by atoms with Gasteiger partial charge in [0.05, 0.1) is 11.4 Å². The van der Waals surface area contributed by atoms with Crippen LogP contribution in [0.4, 0.5) is 5.13 Å². The molecule has 2 aromatic heterocycles. The second-order valence-corrected chi connectivity index (χ2v) is 11.0. The van der Waals surface area contributed by atoms with Gasteiger partial charge in [-0.3, -0.25) is 4.79 Å². The average Bonchev–Trinajstić information content (AvgIpc) is 3.26. The third-order valence-electron chi connectivity index (χ3n) is 4.44. The Morgan fingerprint density at radius 2 is 1.86 bits per heavy atom. The molecule has 0 aliphatic heterocycles. The summed E-state index contributed by atoms with van der Waals surface area (Å²) in [5.74, 6) is -0.817. The van der Waals surface area contributed by atoms with Gasteiger partial charge in [0, 0.05) is 30.3 Å². The van der Waals surface area contributed by atoms with Crippen LogP contribution in [0, 0.1) is 6.92 Å². The van der Waals surface area contributed by atoms with Gasteiger partial charge in [-0.05, 0) is 27.2 Å². The summed E-state index contributed by atoms with van der Waals surface area (Å²) in [5.41, 5.74) is 2.09. The first-order valence-electron chi connectivity index (χ1n) is 9.85. The Morgan fingerprint density at radius 3 is 2.48 bits per heavy atom. The van der Waals surface area contributed by atoms with E-state index in [9.17, 15) is 9.90 Å². The van der Waals surface area contributed by atoms with Crippen molar-refractivity contribution in [3.63, 3.8) is 0 Å². The number of thiazole rings is 2. The maximum Gasteiger partial charge on any atom is 0.319 e. The molecule has 0 bridgehead atoms. The number of aliphatic carboxylic acids is 1. The standard InChI is InChI=1S/C20H31N3O2S3.ClH/c1-5-6-7-8-9-11-23(18-21-15(2)13-26-18)12-10-16-14-27-19(22-16)28-20(3,4)17(24)25;/h13-14H,5-12H2,1-4H3,(H,24,25);1H. The van der Waals surface area contributed by atoms with E-state index < -0.39 is 10.7 Å².